The molecule has 0 aromatic carbocycles. The van der Waals surface area contributed by atoms with E-state index in [1.54, 1.807) is 0 Å². The summed E-state index contributed by atoms with van der Waals surface area (Å²) in [6, 6.07) is 0. The van der Waals surface area contributed by atoms with Gasteiger partial charge in [0.05, 0.1) is 44.3 Å². The summed E-state index contributed by atoms with van der Waals surface area (Å²) in [5.41, 5.74) is -1.64. The van der Waals surface area contributed by atoms with E-state index in [1.165, 1.54) is 17.9 Å². The molecule has 0 unspecified atom stereocenters. The SMILES string of the molecule is CC(=O)[C@]1(OOC(=O)Nc2c[n+](N3CCOCC3)no2)CO[C@@H]2[C@H](O)CO[C@@H]21. The lowest BCUT2D eigenvalue weighted by Crippen LogP contribution is -2.62. The molecule has 0 radical (unpaired) electrons. The molecule has 4 heterocycles. The summed E-state index contributed by atoms with van der Waals surface area (Å²) in [5, 5.41) is 17.8. The lowest BCUT2D eigenvalue weighted by Gasteiger charge is -2.27. The van der Waals surface area contributed by atoms with E-state index in [-0.39, 0.29) is 19.1 Å². The Morgan fingerprint density at radius 2 is 2.18 bits per heavy atom. The highest BCUT2D eigenvalue weighted by atomic mass is 17.2. The first-order valence-electron chi connectivity index (χ1n) is 8.80. The average molecular weight is 401 g/mol. The smallest absolute Gasteiger partial charge is 0.388 e. The van der Waals surface area contributed by atoms with E-state index in [0.29, 0.717) is 26.3 Å². The molecule has 4 rings (SSSR count). The van der Waals surface area contributed by atoms with E-state index in [0.717, 1.165) is 0 Å². The Morgan fingerprint density at radius 3 is 2.93 bits per heavy atom. The van der Waals surface area contributed by atoms with Crippen LogP contribution in [0, 0.1) is 0 Å². The summed E-state index contributed by atoms with van der Waals surface area (Å²) in [4.78, 5) is 35.5. The van der Waals surface area contributed by atoms with Crippen molar-refractivity contribution in [2.75, 3.05) is 49.8 Å². The van der Waals surface area contributed by atoms with Crippen LogP contribution in [0.4, 0.5) is 10.7 Å². The molecule has 3 aliphatic heterocycles. The van der Waals surface area contributed by atoms with Crippen LogP contribution in [0.15, 0.2) is 10.7 Å². The quantitative estimate of drug-likeness (QED) is 0.318. The van der Waals surface area contributed by atoms with Crippen LogP contribution in [-0.2, 0) is 28.8 Å². The number of nitrogens with zero attached hydrogens (tertiary/aromatic N) is 3. The number of aliphatic hydroxyl groups is 1. The first-order chi connectivity index (χ1) is 13.5. The van der Waals surface area contributed by atoms with Gasteiger partial charge in [-0.05, 0) is 6.92 Å². The van der Waals surface area contributed by atoms with Crippen LogP contribution in [-0.4, -0.2) is 85.7 Å². The Hall–Kier alpha value is -2.32. The van der Waals surface area contributed by atoms with Gasteiger partial charge in [-0.3, -0.25) is 19.5 Å². The Bertz CT molecular complexity index is 737. The van der Waals surface area contributed by atoms with Gasteiger partial charge in [-0.2, -0.15) is 4.89 Å². The van der Waals surface area contributed by atoms with Crippen molar-refractivity contribution >= 4 is 17.8 Å². The Kier molecular flexibility index (Phi) is 5.16. The first-order valence-corrected chi connectivity index (χ1v) is 8.80. The number of anilines is 1. The lowest BCUT2D eigenvalue weighted by molar-refractivity contribution is -0.759. The zero-order chi connectivity index (χ0) is 19.7. The summed E-state index contributed by atoms with van der Waals surface area (Å²) in [7, 11) is 0. The minimum absolute atomic E-state index is 0.000472. The minimum atomic E-state index is -1.64. The van der Waals surface area contributed by atoms with Crippen molar-refractivity contribution in [3.8, 4) is 0 Å². The van der Waals surface area contributed by atoms with Crippen molar-refractivity contribution in [2.24, 2.45) is 0 Å². The standard InChI is InChI=1S/C15H20N4O9/c1-9(20)15(8-25-12-10(21)7-24-13(12)15)28-27-14(22)16-11-6-19(17-26-11)18-2-4-23-5-3-18/h6,10,12-13,21H,2-5,7-8H2,1H3/p+1/t10-,12-,13+,15-/m1/s1. The molecule has 3 fully saturated rings. The van der Waals surface area contributed by atoms with Gasteiger partial charge in [0.2, 0.25) is 10.9 Å². The van der Waals surface area contributed by atoms with Crippen LogP contribution in [0.25, 0.3) is 0 Å². The number of amides is 1. The van der Waals surface area contributed by atoms with Gasteiger partial charge in [-0.1, -0.05) is 0 Å². The van der Waals surface area contributed by atoms with E-state index >= 15 is 0 Å². The molecule has 28 heavy (non-hydrogen) atoms. The van der Waals surface area contributed by atoms with Crippen LogP contribution < -0.4 is 15.1 Å². The van der Waals surface area contributed by atoms with Gasteiger partial charge in [-0.25, -0.2) is 4.79 Å². The molecule has 4 atom stereocenters. The molecular weight excluding hydrogens is 380 g/mol. The van der Waals surface area contributed by atoms with E-state index in [2.05, 4.69) is 10.6 Å². The molecular formula is C15H21N4O9+. The van der Waals surface area contributed by atoms with Crippen molar-refractivity contribution in [1.29, 1.82) is 0 Å². The summed E-state index contributed by atoms with van der Waals surface area (Å²) >= 11 is 0. The fourth-order valence-electron chi connectivity index (χ4n) is 3.34. The zero-order valence-electron chi connectivity index (χ0n) is 15.1. The van der Waals surface area contributed by atoms with Gasteiger partial charge in [0.1, 0.15) is 18.3 Å². The molecule has 0 spiro atoms. The summed E-state index contributed by atoms with van der Waals surface area (Å²) in [5.74, 6) is -0.434. The number of morpholine rings is 1. The number of carbonyl (C=O) groups is 2. The number of hydrogen-bond donors (Lipinski definition) is 2. The molecule has 0 saturated carbocycles. The maximum Gasteiger partial charge on any atom is 0.445 e. The third-order valence-electron chi connectivity index (χ3n) is 4.89. The second-order valence-corrected chi connectivity index (χ2v) is 6.67. The van der Waals surface area contributed by atoms with Gasteiger partial charge >= 0.3 is 12.0 Å². The van der Waals surface area contributed by atoms with Crippen LogP contribution in [0.1, 0.15) is 6.92 Å². The lowest BCUT2D eigenvalue weighted by atomic mass is 9.92. The summed E-state index contributed by atoms with van der Waals surface area (Å²) in [6.45, 7) is 3.43. The number of ether oxygens (including phenoxy) is 3. The predicted octanol–water partition coefficient (Wildman–Crippen LogP) is -2.10. The van der Waals surface area contributed by atoms with Crippen LogP contribution in [0.3, 0.4) is 0 Å². The van der Waals surface area contributed by atoms with Crippen molar-refractivity contribution < 1.29 is 48.0 Å². The molecule has 154 valence electrons. The number of carbonyl (C=O) groups excluding carboxylic acids is 2. The summed E-state index contributed by atoms with van der Waals surface area (Å²) < 4.78 is 21.1. The van der Waals surface area contributed by atoms with Gasteiger partial charge in [-0.15, -0.1) is 5.01 Å². The van der Waals surface area contributed by atoms with Gasteiger partial charge in [0.15, 0.2) is 5.78 Å². The average Bonchev–Trinajstić information content (AvgIpc) is 3.39. The molecule has 1 aromatic rings. The topological polar surface area (TPSA) is 146 Å². The van der Waals surface area contributed by atoms with E-state index in [9.17, 15) is 14.7 Å². The highest BCUT2D eigenvalue weighted by Crippen LogP contribution is 2.37. The number of hydrogen-bond acceptors (Lipinski definition) is 11. The summed E-state index contributed by atoms with van der Waals surface area (Å²) in [6.07, 6.45) is -2.04. The predicted molar refractivity (Wildman–Crippen MR) is 85.6 cm³/mol. The molecule has 1 amide bonds. The number of aliphatic hydroxyl groups excluding tert-OH is 1. The van der Waals surface area contributed by atoms with E-state index in [4.69, 9.17) is 28.5 Å². The van der Waals surface area contributed by atoms with Gasteiger partial charge in [0, 0.05) is 0 Å². The van der Waals surface area contributed by atoms with Crippen LogP contribution in [0.5, 0.6) is 0 Å². The number of nitrogens with one attached hydrogen (secondary N) is 1. The normalized spacial score (nSPS) is 32.2. The van der Waals surface area contributed by atoms with Gasteiger partial charge < -0.3 is 19.3 Å². The third kappa shape index (κ3) is 3.42. The monoisotopic (exact) mass is 401 g/mol. The largest absolute Gasteiger partial charge is 0.445 e. The second-order valence-electron chi connectivity index (χ2n) is 6.67. The molecule has 3 saturated heterocycles. The number of ketones is 1. The van der Waals surface area contributed by atoms with Crippen LogP contribution in [0.2, 0.25) is 0 Å². The fraction of sp³-hybridized carbons (Fsp3) is 0.733. The number of aromatic nitrogens is 2. The molecule has 2 N–H and O–H groups in total. The third-order valence-corrected chi connectivity index (χ3v) is 4.89. The Morgan fingerprint density at radius 1 is 1.39 bits per heavy atom. The van der Waals surface area contributed by atoms with Crippen molar-refractivity contribution in [3.05, 3.63) is 6.20 Å². The molecule has 13 nitrogen and oxygen atoms in total. The van der Waals surface area contributed by atoms with Crippen molar-refractivity contribution in [1.82, 2.24) is 5.27 Å². The zero-order valence-corrected chi connectivity index (χ0v) is 15.1. The molecule has 0 aliphatic carbocycles. The molecule has 13 heteroatoms. The minimum Gasteiger partial charge on any atom is -0.388 e. The number of Topliss-reactive ketones (excluding diaryl/α,β-unsaturated/α-hetero) is 1. The Labute approximate surface area is 158 Å². The maximum atomic E-state index is 12.1. The number of fused-ring (bicyclic) bond motifs is 1. The van der Waals surface area contributed by atoms with Crippen molar-refractivity contribution in [2.45, 2.75) is 30.8 Å². The van der Waals surface area contributed by atoms with E-state index < -0.39 is 35.8 Å². The highest BCUT2D eigenvalue weighted by molar-refractivity contribution is 5.87. The van der Waals surface area contributed by atoms with Gasteiger partial charge in [0.25, 0.3) is 6.20 Å². The molecule has 0 bridgehead atoms. The number of rotatable bonds is 5. The van der Waals surface area contributed by atoms with Crippen LogP contribution >= 0.6 is 0 Å². The maximum absolute atomic E-state index is 12.1. The molecule has 1 aromatic heterocycles. The Balaban J connectivity index is 1.35. The van der Waals surface area contributed by atoms with Crippen molar-refractivity contribution in [3.63, 3.8) is 0 Å². The molecule has 3 aliphatic rings. The second kappa shape index (κ2) is 7.60. The highest BCUT2D eigenvalue weighted by Gasteiger charge is 2.62. The first kappa shape index (κ1) is 19.0. The fourth-order valence-corrected chi connectivity index (χ4v) is 3.34. The van der Waals surface area contributed by atoms with E-state index in [1.807, 2.05) is 5.01 Å².